The molecule has 9 heteroatoms. The van der Waals surface area contributed by atoms with Crippen LogP contribution in [-0.4, -0.2) is 12.3 Å². The molecule has 168 valence electrons. The Kier molecular flexibility index (Phi) is 9.65. The van der Waals surface area contributed by atoms with Crippen molar-refractivity contribution in [3.8, 4) is 0 Å². The Morgan fingerprint density at radius 3 is 2.06 bits per heavy atom. The largest absolute Gasteiger partial charge is 0.416 e. The molecule has 0 heterocycles. The van der Waals surface area contributed by atoms with Gasteiger partial charge in [0, 0.05) is 29.1 Å². The van der Waals surface area contributed by atoms with Gasteiger partial charge in [0.25, 0.3) is 0 Å². The molecule has 1 aliphatic carbocycles. The number of halogens is 5. The molecule has 2 aromatic rings. The second-order valence-electron chi connectivity index (χ2n) is 7.17. The Morgan fingerprint density at radius 2 is 1.55 bits per heavy atom. The third-order valence-corrected chi connectivity index (χ3v) is 5.22. The third kappa shape index (κ3) is 8.79. The SMILES string of the molecule is O=C(NCc1ccc(C(F)(F)F)cc1)C1CCCC1.O=CNCc1cc(Cl)cc(Cl)c1. The van der Waals surface area contributed by atoms with Crippen LogP contribution in [0.2, 0.25) is 10.0 Å². The predicted molar refractivity (Wildman–Crippen MR) is 115 cm³/mol. The minimum absolute atomic E-state index is 0.0115. The molecule has 31 heavy (non-hydrogen) atoms. The maximum atomic E-state index is 12.4. The molecule has 1 fully saturated rings. The first kappa shape index (κ1) is 25.0. The molecule has 0 bridgehead atoms. The molecule has 4 nitrogen and oxygen atoms in total. The summed E-state index contributed by atoms with van der Waals surface area (Å²) in [4.78, 5) is 21.7. The molecule has 1 saturated carbocycles. The van der Waals surface area contributed by atoms with Gasteiger partial charge in [-0.2, -0.15) is 13.2 Å². The van der Waals surface area contributed by atoms with Gasteiger partial charge in [-0.25, -0.2) is 0 Å². The van der Waals surface area contributed by atoms with Crippen LogP contribution in [0.25, 0.3) is 0 Å². The highest BCUT2D eigenvalue weighted by molar-refractivity contribution is 6.34. The lowest BCUT2D eigenvalue weighted by atomic mass is 10.1. The van der Waals surface area contributed by atoms with E-state index in [2.05, 4.69) is 10.6 Å². The summed E-state index contributed by atoms with van der Waals surface area (Å²) in [7, 11) is 0. The summed E-state index contributed by atoms with van der Waals surface area (Å²) in [6, 6.07) is 10.0. The summed E-state index contributed by atoms with van der Waals surface area (Å²) in [6.45, 7) is 0.733. The lowest BCUT2D eigenvalue weighted by Crippen LogP contribution is -2.28. The first-order valence-electron chi connectivity index (χ1n) is 9.75. The summed E-state index contributed by atoms with van der Waals surface area (Å²) < 4.78 is 37.1. The molecule has 2 N–H and O–H groups in total. The molecule has 2 aromatic carbocycles. The van der Waals surface area contributed by atoms with Gasteiger partial charge in [0.2, 0.25) is 12.3 Å². The van der Waals surface area contributed by atoms with Crippen LogP contribution in [0.15, 0.2) is 42.5 Å². The van der Waals surface area contributed by atoms with Gasteiger partial charge in [0.1, 0.15) is 0 Å². The topological polar surface area (TPSA) is 58.2 Å². The van der Waals surface area contributed by atoms with E-state index in [1.807, 2.05) is 0 Å². The molecular weight excluding hydrogens is 452 g/mol. The van der Waals surface area contributed by atoms with Crippen molar-refractivity contribution in [1.82, 2.24) is 10.6 Å². The molecule has 1 aliphatic rings. The van der Waals surface area contributed by atoms with Crippen LogP contribution in [0, 0.1) is 5.92 Å². The number of nitrogens with one attached hydrogen (secondary N) is 2. The highest BCUT2D eigenvalue weighted by atomic mass is 35.5. The van der Waals surface area contributed by atoms with E-state index in [1.165, 1.54) is 12.1 Å². The lowest BCUT2D eigenvalue weighted by Gasteiger charge is -2.11. The zero-order valence-corrected chi connectivity index (χ0v) is 18.2. The smallest absolute Gasteiger partial charge is 0.355 e. The first-order chi connectivity index (χ1) is 14.7. The van der Waals surface area contributed by atoms with Gasteiger partial charge in [0.15, 0.2) is 0 Å². The average molecular weight is 475 g/mol. The van der Waals surface area contributed by atoms with Gasteiger partial charge in [-0.15, -0.1) is 0 Å². The molecule has 0 aliphatic heterocycles. The van der Waals surface area contributed by atoms with Gasteiger partial charge >= 0.3 is 6.18 Å². The van der Waals surface area contributed by atoms with Crippen molar-refractivity contribution >= 4 is 35.5 Å². The van der Waals surface area contributed by atoms with E-state index in [9.17, 15) is 22.8 Å². The normalized spacial score (nSPS) is 13.8. The van der Waals surface area contributed by atoms with Crippen LogP contribution >= 0.6 is 23.2 Å². The summed E-state index contributed by atoms with van der Waals surface area (Å²) >= 11 is 11.5. The number of hydrogen-bond acceptors (Lipinski definition) is 2. The summed E-state index contributed by atoms with van der Waals surface area (Å²) in [5.41, 5.74) is 0.900. The minimum atomic E-state index is -4.31. The van der Waals surface area contributed by atoms with Crippen molar-refractivity contribution in [2.45, 2.75) is 44.9 Å². The summed E-state index contributed by atoms with van der Waals surface area (Å²) in [5, 5.41) is 6.45. The number of rotatable bonds is 6. The van der Waals surface area contributed by atoms with E-state index in [-0.39, 0.29) is 18.4 Å². The quantitative estimate of drug-likeness (QED) is 0.523. The van der Waals surface area contributed by atoms with E-state index in [0.717, 1.165) is 43.4 Å². The average Bonchev–Trinajstić information content (AvgIpc) is 3.25. The molecular formula is C22H23Cl2F3N2O2. The molecule has 2 amide bonds. The van der Waals surface area contributed by atoms with E-state index in [1.54, 1.807) is 18.2 Å². The minimum Gasteiger partial charge on any atom is -0.355 e. The van der Waals surface area contributed by atoms with Crippen LogP contribution in [0.4, 0.5) is 13.2 Å². The maximum Gasteiger partial charge on any atom is 0.416 e. The number of alkyl halides is 3. The monoisotopic (exact) mass is 474 g/mol. The number of carbonyl (C=O) groups is 2. The molecule has 0 aromatic heterocycles. The van der Waals surface area contributed by atoms with Crippen LogP contribution in [0.5, 0.6) is 0 Å². The highest BCUT2D eigenvalue weighted by Gasteiger charge is 2.30. The number of benzene rings is 2. The molecule has 3 rings (SSSR count). The van der Waals surface area contributed by atoms with Crippen LogP contribution < -0.4 is 10.6 Å². The van der Waals surface area contributed by atoms with Crippen molar-refractivity contribution < 1.29 is 22.8 Å². The van der Waals surface area contributed by atoms with E-state index < -0.39 is 11.7 Å². The first-order valence-corrected chi connectivity index (χ1v) is 10.5. The fourth-order valence-corrected chi connectivity index (χ4v) is 3.78. The van der Waals surface area contributed by atoms with Crippen molar-refractivity contribution in [2.24, 2.45) is 5.92 Å². The van der Waals surface area contributed by atoms with Crippen LogP contribution in [-0.2, 0) is 28.9 Å². The Balaban J connectivity index is 0.000000245. The molecule has 0 unspecified atom stereocenters. The fraction of sp³-hybridized carbons (Fsp3) is 0.364. The van der Waals surface area contributed by atoms with Crippen molar-refractivity contribution in [3.63, 3.8) is 0 Å². The Hall–Kier alpha value is -2.25. The molecule has 0 spiro atoms. The zero-order chi connectivity index (χ0) is 22.9. The van der Waals surface area contributed by atoms with Crippen molar-refractivity contribution in [2.75, 3.05) is 0 Å². The zero-order valence-electron chi connectivity index (χ0n) is 16.6. The highest BCUT2D eigenvalue weighted by Crippen LogP contribution is 2.29. The van der Waals surface area contributed by atoms with Crippen molar-refractivity contribution in [3.05, 3.63) is 69.2 Å². The predicted octanol–water partition coefficient (Wildman–Crippen LogP) is 5.75. The number of amides is 2. The fourth-order valence-electron chi connectivity index (χ4n) is 3.21. The molecule has 0 radical (unpaired) electrons. The Labute approximate surface area is 189 Å². The number of carbonyl (C=O) groups excluding carboxylic acids is 2. The Bertz CT molecular complexity index is 848. The lowest BCUT2D eigenvalue weighted by molar-refractivity contribution is -0.137. The van der Waals surface area contributed by atoms with Crippen molar-refractivity contribution in [1.29, 1.82) is 0 Å². The number of hydrogen-bond donors (Lipinski definition) is 2. The maximum absolute atomic E-state index is 12.4. The standard InChI is InChI=1S/C14H16F3NO.C8H7Cl2NO/c15-14(16,17)12-7-5-10(6-8-12)9-18-13(19)11-3-1-2-4-11;9-7-1-6(4-11-5-12)2-8(10)3-7/h5-8,11H,1-4,9H2,(H,18,19);1-3,5H,4H2,(H,11,12). The second-order valence-corrected chi connectivity index (χ2v) is 8.04. The van der Waals surface area contributed by atoms with Gasteiger partial charge in [-0.05, 0) is 54.3 Å². The Morgan fingerprint density at radius 1 is 0.968 bits per heavy atom. The second kappa shape index (κ2) is 12.0. The van der Waals surface area contributed by atoms with Crippen LogP contribution in [0.1, 0.15) is 42.4 Å². The summed E-state index contributed by atoms with van der Waals surface area (Å²) in [6.07, 6.45) is 0.314. The van der Waals surface area contributed by atoms with E-state index >= 15 is 0 Å². The van der Waals surface area contributed by atoms with Gasteiger partial charge in [-0.1, -0.05) is 48.2 Å². The van der Waals surface area contributed by atoms with Crippen LogP contribution in [0.3, 0.4) is 0 Å². The molecule has 0 atom stereocenters. The summed E-state index contributed by atoms with van der Waals surface area (Å²) in [5.74, 6) is 0.0897. The van der Waals surface area contributed by atoms with Gasteiger partial charge in [0.05, 0.1) is 5.56 Å². The van der Waals surface area contributed by atoms with E-state index in [4.69, 9.17) is 23.2 Å². The van der Waals surface area contributed by atoms with E-state index in [0.29, 0.717) is 28.6 Å². The third-order valence-electron chi connectivity index (χ3n) is 4.79. The molecule has 0 saturated heterocycles. The van der Waals surface area contributed by atoms with Gasteiger partial charge in [-0.3, -0.25) is 9.59 Å². The van der Waals surface area contributed by atoms with Gasteiger partial charge < -0.3 is 10.6 Å².